The van der Waals surface area contributed by atoms with Gasteiger partial charge in [-0.3, -0.25) is 0 Å². The molecule has 0 saturated carbocycles. The van der Waals surface area contributed by atoms with Crippen molar-refractivity contribution in [3.8, 4) is 44.5 Å². The van der Waals surface area contributed by atoms with Crippen LogP contribution in [0.5, 0.6) is 0 Å². The molecular formula is C128H92N12. The molecule has 0 aliphatic heterocycles. The van der Waals surface area contributed by atoms with Gasteiger partial charge >= 0.3 is 0 Å². The maximum absolute atomic E-state index is 2.53. The van der Waals surface area contributed by atoms with Crippen LogP contribution in [0.4, 0.5) is 68.2 Å². The molecule has 140 heavy (non-hydrogen) atoms. The van der Waals surface area contributed by atoms with E-state index in [2.05, 4.69) is 525 Å². The molecule has 20 aromatic carbocycles. The van der Waals surface area contributed by atoms with Crippen LogP contribution < -0.4 is 19.6 Å². The first-order valence-electron chi connectivity index (χ1n) is 48.3. The van der Waals surface area contributed by atoms with E-state index in [1.807, 2.05) is 0 Å². The van der Waals surface area contributed by atoms with E-state index >= 15 is 0 Å². The maximum Gasteiger partial charge on any atom is 0.0490 e. The Morgan fingerprint density at radius 1 is 0.107 bits per heavy atom. The zero-order chi connectivity index (χ0) is 93.0. The van der Waals surface area contributed by atoms with Crippen molar-refractivity contribution in [2.24, 2.45) is 56.4 Å². The molecule has 12 nitrogen and oxygen atoms in total. The van der Waals surface area contributed by atoms with Crippen molar-refractivity contribution >= 4 is 243 Å². The minimum Gasteiger partial charge on any atom is -0.344 e. The summed E-state index contributed by atoms with van der Waals surface area (Å²) >= 11 is 0. The van der Waals surface area contributed by atoms with Crippen LogP contribution in [0.15, 0.2) is 413 Å². The number of para-hydroxylation sites is 8. The Kier molecular flexibility index (Phi) is 16.9. The van der Waals surface area contributed by atoms with Crippen molar-refractivity contribution in [3.63, 3.8) is 0 Å². The number of anilines is 12. The fourth-order valence-corrected chi connectivity index (χ4v) is 24.7. The van der Waals surface area contributed by atoms with Crippen LogP contribution in [0.3, 0.4) is 0 Å². The number of hydrogen-bond donors (Lipinski definition) is 0. The van der Waals surface area contributed by atoms with E-state index in [-0.39, 0.29) is 0 Å². The molecule has 0 atom stereocenters. The smallest absolute Gasteiger partial charge is 0.0490 e. The molecule has 12 heteroatoms. The Bertz CT molecular complexity index is 8630. The third-order valence-corrected chi connectivity index (χ3v) is 31.4. The third-order valence-electron chi connectivity index (χ3n) is 31.4. The summed E-state index contributed by atoms with van der Waals surface area (Å²) in [5.74, 6) is 0. The summed E-state index contributed by atoms with van der Waals surface area (Å²) in [6.45, 7) is 0. The van der Waals surface area contributed by atoms with Crippen LogP contribution in [0, 0.1) is 0 Å². The second-order valence-electron chi connectivity index (χ2n) is 38.5. The van der Waals surface area contributed by atoms with Crippen LogP contribution in [0.25, 0.3) is 219 Å². The van der Waals surface area contributed by atoms with Crippen LogP contribution in [-0.2, 0) is 56.4 Å². The van der Waals surface area contributed by atoms with Gasteiger partial charge < -0.3 is 56.1 Å². The van der Waals surface area contributed by atoms with Crippen molar-refractivity contribution in [1.82, 2.24) is 36.5 Å². The van der Waals surface area contributed by atoms with Crippen molar-refractivity contribution in [2.75, 3.05) is 19.6 Å². The molecule has 8 aromatic heterocycles. The minimum absolute atomic E-state index is 1.01. The summed E-state index contributed by atoms with van der Waals surface area (Å²) in [4.78, 5) is 10.1. The number of hydrogen-bond acceptors (Lipinski definition) is 4. The largest absolute Gasteiger partial charge is 0.344 e. The fourth-order valence-electron chi connectivity index (χ4n) is 24.7. The lowest BCUT2D eigenvalue weighted by Gasteiger charge is -2.32. The third kappa shape index (κ3) is 11.4. The van der Waals surface area contributed by atoms with Gasteiger partial charge in [-0.2, -0.15) is 0 Å². The molecule has 8 heterocycles. The van der Waals surface area contributed by atoms with E-state index < -0.39 is 0 Å². The minimum atomic E-state index is 1.01. The molecule has 0 bridgehead atoms. The first kappa shape index (κ1) is 79.4. The van der Waals surface area contributed by atoms with Gasteiger partial charge in [0.2, 0.25) is 0 Å². The van der Waals surface area contributed by atoms with E-state index in [1.54, 1.807) is 0 Å². The highest BCUT2D eigenvalue weighted by atomic mass is 15.2. The summed E-state index contributed by atoms with van der Waals surface area (Å²) in [6.07, 6.45) is 0. The molecule has 0 amide bonds. The molecule has 29 rings (SSSR count). The molecule has 1 aliphatic rings. The predicted octanol–water partition coefficient (Wildman–Crippen LogP) is 33.7. The van der Waals surface area contributed by atoms with Crippen molar-refractivity contribution in [3.05, 3.63) is 413 Å². The summed E-state index contributed by atoms with van der Waals surface area (Å²) in [5.41, 5.74) is 39.9. The van der Waals surface area contributed by atoms with Gasteiger partial charge in [-0.25, -0.2) is 0 Å². The Hall–Kier alpha value is -18.0. The predicted molar refractivity (Wildman–Crippen MR) is 592 cm³/mol. The second kappa shape index (κ2) is 29.8. The normalized spacial score (nSPS) is 12.3. The van der Waals surface area contributed by atoms with Gasteiger partial charge in [0.15, 0.2) is 0 Å². The average Bonchev–Trinajstić information content (AvgIpc) is 1.10. The highest BCUT2D eigenvalue weighted by molar-refractivity contribution is 6.19. The Balaban J connectivity index is 0.739. The molecular weight excluding hydrogens is 1710 g/mol. The molecule has 664 valence electrons. The Morgan fingerprint density at radius 3 is 0.364 bits per heavy atom. The molecule has 0 spiro atoms. The summed E-state index contributed by atoms with van der Waals surface area (Å²) in [5, 5.41) is 19.2. The number of fused-ring (bicyclic) bond motifs is 32. The Morgan fingerprint density at radius 2 is 0.221 bits per heavy atom. The van der Waals surface area contributed by atoms with E-state index in [9.17, 15) is 0 Å². The number of nitrogens with zero attached hydrogens (tertiary/aromatic N) is 12. The summed E-state index contributed by atoms with van der Waals surface area (Å²) in [7, 11) is 17.6. The van der Waals surface area contributed by atoms with Crippen LogP contribution >= 0.6 is 0 Å². The van der Waals surface area contributed by atoms with Gasteiger partial charge in [-0.1, -0.05) is 170 Å². The maximum atomic E-state index is 2.53. The number of aryl methyl sites for hydroxylation is 8. The van der Waals surface area contributed by atoms with E-state index in [0.29, 0.717) is 0 Å². The lowest BCUT2D eigenvalue weighted by atomic mass is 9.80. The number of aromatic nitrogens is 8. The topological polar surface area (TPSA) is 52.4 Å². The van der Waals surface area contributed by atoms with E-state index in [0.717, 1.165) is 113 Å². The van der Waals surface area contributed by atoms with E-state index in [1.165, 1.54) is 174 Å². The standard InChI is InChI=1S/C128H92N12/c1-129-113-33-17-9-25-93(113)105-69-81(45-57-121(105)129)137(82-46-58-122-106(70-82)94-26-10-18-34-114(94)130(122)2)77-41-53-89-90-54-42-79(139(85-49-61-125-109(73-85)97-29-13-21-37-117(97)133(125)5)86-50-62-126-110(74-86)98-30-14-22-38-118(98)134(126)6)67-103(90)104-68-80(140(87-51-63-127-111(75-87)99-31-15-23-39-119(99)135(127)7)88-52-64-128-112(76-88)100-32-16-24-40-120(100)136(128)8)44-56-92(104)91-55-43-78(66-102(91)101(89)65-77)138(83-47-59-123-107(71-83)95-27-11-19-35-115(95)131(123)3)84-48-60-124-108(72-84)96-28-12-20-36-116(96)132(124)4/h9-76H,1-8H3. The van der Waals surface area contributed by atoms with Gasteiger partial charge in [0, 0.05) is 299 Å². The first-order valence-corrected chi connectivity index (χ1v) is 48.3. The fraction of sp³-hybridized carbons (Fsp3) is 0.0625. The SMILES string of the molecule is Cn1c2ccccc2c2cc(N(c3ccc4c(c3)-c3cc(N(c5ccc6c(c5)c5ccccc5n6C)c5ccc6c(c5)c5ccccc5n6C)ccc3-c3ccc(N(c5ccc6c(c5)c5ccccc5n6C)c5ccc6c(c5)c5ccccc5n6C)cc3-c3cc(N(c5ccc6c(c5)c5ccccc5n6C)c5ccc6c(c5)c5ccccc5n6C)ccc3-4)c3ccc4c(c3)c3ccccc3n4C)ccc21. The summed E-state index contributed by atoms with van der Waals surface area (Å²) in [6, 6.07) is 157. The van der Waals surface area contributed by atoms with Crippen molar-refractivity contribution in [1.29, 1.82) is 0 Å². The number of benzene rings is 20. The zero-order valence-corrected chi connectivity index (χ0v) is 78.6. The van der Waals surface area contributed by atoms with Crippen LogP contribution in [0.2, 0.25) is 0 Å². The van der Waals surface area contributed by atoms with Crippen LogP contribution in [-0.4, -0.2) is 36.5 Å². The van der Waals surface area contributed by atoms with Gasteiger partial charge in [0.1, 0.15) is 0 Å². The van der Waals surface area contributed by atoms with Gasteiger partial charge in [0.25, 0.3) is 0 Å². The monoisotopic (exact) mass is 1800 g/mol. The second-order valence-corrected chi connectivity index (χ2v) is 38.5. The lowest BCUT2D eigenvalue weighted by Crippen LogP contribution is -2.13. The quantitative estimate of drug-likeness (QED) is 0.122. The van der Waals surface area contributed by atoms with Crippen molar-refractivity contribution < 1.29 is 0 Å². The first-order chi connectivity index (χ1) is 68.7. The number of rotatable bonds is 12. The molecule has 28 aromatic rings. The van der Waals surface area contributed by atoms with E-state index in [4.69, 9.17) is 0 Å². The van der Waals surface area contributed by atoms with Gasteiger partial charge in [0.05, 0.1) is 0 Å². The molecule has 0 fully saturated rings. The average molecular weight is 1800 g/mol. The molecule has 0 saturated heterocycles. The van der Waals surface area contributed by atoms with Crippen LogP contribution in [0.1, 0.15) is 0 Å². The van der Waals surface area contributed by atoms with Gasteiger partial charge in [-0.05, 0) is 287 Å². The summed E-state index contributed by atoms with van der Waals surface area (Å²) < 4.78 is 18.7. The lowest BCUT2D eigenvalue weighted by molar-refractivity contribution is 1.01. The highest BCUT2D eigenvalue weighted by Gasteiger charge is 2.32. The van der Waals surface area contributed by atoms with Crippen molar-refractivity contribution in [2.45, 2.75) is 0 Å². The molecule has 1 aliphatic carbocycles. The highest BCUT2D eigenvalue weighted by Crippen LogP contribution is 2.57. The molecule has 0 N–H and O–H groups in total. The molecule has 0 unspecified atom stereocenters. The van der Waals surface area contributed by atoms with Gasteiger partial charge in [-0.15, -0.1) is 0 Å². The zero-order valence-electron chi connectivity index (χ0n) is 78.6. The molecule has 0 radical (unpaired) electrons. The Labute approximate surface area is 806 Å².